The summed E-state index contributed by atoms with van der Waals surface area (Å²) >= 11 is 5.98. The second kappa shape index (κ2) is 5.68. The summed E-state index contributed by atoms with van der Waals surface area (Å²) in [5.74, 6) is -0.958. The summed E-state index contributed by atoms with van der Waals surface area (Å²) in [6.45, 7) is 0. The molecule has 3 aromatic rings. The molecule has 0 bridgehead atoms. The zero-order valence-corrected chi connectivity index (χ0v) is 13.0. The van der Waals surface area contributed by atoms with Gasteiger partial charge in [-0.05, 0) is 42.5 Å². The Bertz CT molecular complexity index is 990. The van der Waals surface area contributed by atoms with Crippen molar-refractivity contribution < 1.29 is 22.1 Å². The quantitative estimate of drug-likeness (QED) is 0.729. The molecule has 1 heterocycles. The predicted molar refractivity (Wildman–Crippen MR) is 82.6 cm³/mol. The molecule has 0 amide bonds. The molecule has 0 aliphatic carbocycles. The molecule has 23 heavy (non-hydrogen) atoms. The Labute approximate surface area is 136 Å². The molecule has 5 nitrogen and oxygen atoms in total. The first-order chi connectivity index (χ1) is 10.9. The van der Waals surface area contributed by atoms with Crippen LogP contribution in [0.4, 0.5) is 4.39 Å². The number of fused-ring (bicyclic) bond motifs is 1. The number of hydrogen-bond donors (Lipinski definition) is 1. The van der Waals surface area contributed by atoms with Gasteiger partial charge in [0.25, 0.3) is 0 Å². The maximum absolute atomic E-state index is 12.9. The number of aromatic nitrogens is 1. The lowest BCUT2D eigenvalue weighted by molar-refractivity contribution is 0.470. The summed E-state index contributed by atoms with van der Waals surface area (Å²) in [7, 11) is -4.17. The molecule has 118 valence electrons. The number of nitrogens with zero attached hydrogens (tertiary/aromatic N) is 1. The van der Waals surface area contributed by atoms with Crippen molar-refractivity contribution in [3.8, 4) is 11.6 Å². The molecule has 0 saturated carbocycles. The van der Waals surface area contributed by atoms with Gasteiger partial charge in [0.1, 0.15) is 22.0 Å². The Morgan fingerprint density at radius 1 is 1.04 bits per heavy atom. The van der Waals surface area contributed by atoms with Crippen LogP contribution in [0.5, 0.6) is 11.6 Å². The summed E-state index contributed by atoms with van der Waals surface area (Å²) in [6, 6.07) is 9.83. The van der Waals surface area contributed by atoms with Crippen LogP contribution in [0, 0.1) is 5.82 Å². The highest BCUT2D eigenvalue weighted by atomic mass is 35.5. The Kier molecular flexibility index (Phi) is 3.83. The molecule has 0 radical (unpaired) electrons. The summed E-state index contributed by atoms with van der Waals surface area (Å²) in [6.07, 6.45) is 0. The number of pyridine rings is 1. The van der Waals surface area contributed by atoms with Crippen molar-refractivity contribution in [2.45, 2.75) is 4.90 Å². The first-order valence-electron chi connectivity index (χ1n) is 6.35. The Morgan fingerprint density at radius 3 is 2.43 bits per heavy atom. The molecular weight excluding hydrogens is 345 g/mol. The van der Waals surface area contributed by atoms with Crippen LogP contribution in [-0.2, 0) is 10.1 Å². The second-order valence-electron chi connectivity index (χ2n) is 4.60. The van der Waals surface area contributed by atoms with Crippen molar-refractivity contribution in [1.29, 1.82) is 0 Å². The standard InChI is InChI=1S/C15H9ClFNO4S/c16-12-6-7-13(19)15-11(12)5-8-14(18-15)22-23(20,21)10-3-1-9(17)2-4-10/h1-8,19H. The lowest BCUT2D eigenvalue weighted by Crippen LogP contribution is -2.10. The lowest BCUT2D eigenvalue weighted by atomic mass is 10.2. The van der Waals surface area contributed by atoms with E-state index in [4.69, 9.17) is 15.8 Å². The van der Waals surface area contributed by atoms with Crippen molar-refractivity contribution in [2.24, 2.45) is 0 Å². The highest BCUT2D eigenvalue weighted by molar-refractivity contribution is 7.87. The van der Waals surface area contributed by atoms with Gasteiger partial charge in [0, 0.05) is 11.5 Å². The van der Waals surface area contributed by atoms with E-state index in [1.807, 2.05) is 0 Å². The maximum Gasteiger partial charge on any atom is 0.340 e. The van der Waals surface area contributed by atoms with Crippen LogP contribution >= 0.6 is 11.6 Å². The molecule has 0 saturated heterocycles. The van der Waals surface area contributed by atoms with E-state index in [9.17, 15) is 17.9 Å². The molecular formula is C15H9ClFNO4S. The molecule has 2 aromatic carbocycles. The van der Waals surface area contributed by atoms with Gasteiger partial charge < -0.3 is 9.29 Å². The number of halogens is 2. The number of rotatable bonds is 3. The van der Waals surface area contributed by atoms with Crippen molar-refractivity contribution >= 4 is 32.6 Å². The van der Waals surface area contributed by atoms with E-state index in [1.165, 1.54) is 24.3 Å². The number of phenols is 1. The smallest absolute Gasteiger partial charge is 0.340 e. The van der Waals surface area contributed by atoms with Crippen LogP contribution in [-0.4, -0.2) is 18.5 Å². The topological polar surface area (TPSA) is 76.5 Å². The highest BCUT2D eigenvalue weighted by Crippen LogP contribution is 2.31. The molecule has 1 N–H and O–H groups in total. The number of hydrogen-bond acceptors (Lipinski definition) is 5. The summed E-state index contributed by atoms with van der Waals surface area (Å²) in [5.41, 5.74) is 0.115. The maximum atomic E-state index is 12.9. The summed E-state index contributed by atoms with van der Waals surface area (Å²) in [5, 5.41) is 10.6. The van der Waals surface area contributed by atoms with Crippen molar-refractivity contribution in [2.75, 3.05) is 0 Å². The Balaban J connectivity index is 2.01. The van der Waals surface area contributed by atoms with Gasteiger partial charge in [-0.1, -0.05) is 11.6 Å². The van der Waals surface area contributed by atoms with Crippen LogP contribution in [0.3, 0.4) is 0 Å². The number of benzene rings is 2. The van der Waals surface area contributed by atoms with Gasteiger partial charge in [0.2, 0.25) is 5.88 Å². The molecule has 0 aliphatic heterocycles. The first-order valence-corrected chi connectivity index (χ1v) is 8.14. The third kappa shape index (κ3) is 3.06. The molecule has 0 atom stereocenters. The van der Waals surface area contributed by atoms with Gasteiger partial charge in [0.05, 0.1) is 5.02 Å². The third-order valence-electron chi connectivity index (χ3n) is 3.05. The molecule has 0 fully saturated rings. The SMILES string of the molecule is O=S(=O)(Oc1ccc2c(Cl)ccc(O)c2n1)c1ccc(F)cc1. The van der Waals surface area contributed by atoms with Crippen LogP contribution in [0.25, 0.3) is 10.9 Å². The molecule has 8 heteroatoms. The van der Waals surface area contributed by atoms with Crippen LogP contribution in [0.1, 0.15) is 0 Å². The van der Waals surface area contributed by atoms with E-state index < -0.39 is 15.9 Å². The number of aromatic hydroxyl groups is 1. The fourth-order valence-electron chi connectivity index (χ4n) is 1.96. The normalized spacial score (nSPS) is 11.6. The monoisotopic (exact) mass is 353 g/mol. The third-order valence-corrected chi connectivity index (χ3v) is 4.62. The van der Waals surface area contributed by atoms with Gasteiger partial charge in [-0.2, -0.15) is 8.42 Å². The Hall–Kier alpha value is -2.38. The van der Waals surface area contributed by atoms with Gasteiger partial charge >= 0.3 is 10.1 Å². The van der Waals surface area contributed by atoms with Gasteiger partial charge in [-0.3, -0.25) is 0 Å². The van der Waals surface area contributed by atoms with Crippen molar-refractivity contribution in [3.05, 3.63) is 59.4 Å². The molecule has 0 spiro atoms. The van der Waals surface area contributed by atoms with E-state index in [1.54, 1.807) is 0 Å². The molecule has 0 unspecified atom stereocenters. The minimum Gasteiger partial charge on any atom is -0.506 e. The van der Waals surface area contributed by atoms with Gasteiger partial charge in [-0.15, -0.1) is 0 Å². The average molecular weight is 354 g/mol. The van der Waals surface area contributed by atoms with E-state index in [2.05, 4.69) is 4.98 Å². The molecule has 3 rings (SSSR count). The Morgan fingerprint density at radius 2 is 1.74 bits per heavy atom. The van der Waals surface area contributed by atoms with Crippen molar-refractivity contribution in [3.63, 3.8) is 0 Å². The van der Waals surface area contributed by atoms with Crippen LogP contribution in [0.15, 0.2) is 53.4 Å². The molecule has 0 aliphatic rings. The zero-order valence-electron chi connectivity index (χ0n) is 11.4. The fourth-order valence-corrected chi connectivity index (χ4v) is 3.06. The fraction of sp³-hybridized carbons (Fsp3) is 0. The van der Waals surface area contributed by atoms with Crippen molar-refractivity contribution in [1.82, 2.24) is 4.98 Å². The van der Waals surface area contributed by atoms with E-state index >= 15 is 0 Å². The highest BCUT2D eigenvalue weighted by Gasteiger charge is 2.18. The zero-order chi connectivity index (χ0) is 16.6. The van der Waals surface area contributed by atoms with Crippen LogP contribution in [0.2, 0.25) is 5.02 Å². The van der Waals surface area contributed by atoms with Crippen LogP contribution < -0.4 is 4.18 Å². The minimum absolute atomic E-state index is 0.115. The first kappa shape index (κ1) is 15.5. The number of phenolic OH excluding ortho intramolecular Hbond substituents is 1. The van der Waals surface area contributed by atoms with Gasteiger partial charge in [-0.25, -0.2) is 9.37 Å². The predicted octanol–water partition coefficient (Wildman–Crippen LogP) is 3.50. The van der Waals surface area contributed by atoms with E-state index in [0.717, 1.165) is 24.3 Å². The average Bonchev–Trinajstić information content (AvgIpc) is 2.51. The van der Waals surface area contributed by atoms with E-state index in [0.29, 0.717) is 10.4 Å². The summed E-state index contributed by atoms with van der Waals surface area (Å²) < 4.78 is 42.0. The largest absolute Gasteiger partial charge is 0.506 e. The summed E-state index contributed by atoms with van der Waals surface area (Å²) in [4.78, 5) is 3.74. The van der Waals surface area contributed by atoms with E-state index in [-0.39, 0.29) is 22.0 Å². The lowest BCUT2D eigenvalue weighted by Gasteiger charge is -2.08. The minimum atomic E-state index is -4.17. The second-order valence-corrected chi connectivity index (χ2v) is 6.56. The van der Waals surface area contributed by atoms with Gasteiger partial charge in [0.15, 0.2) is 0 Å². The molecule has 1 aromatic heterocycles.